The summed E-state index contributed by atoms with van der Waals surface area (Å²) in [5.41, 5.74) is 3.59. The third-order valence-corrected chi connectivity index (χ3v) is 4.77. The van der Waals surface area contributed by atoms with E-state index in [9.17, 15) is 13.2 Å². The number of nitrogens with one attached hydrogen (secondary N) is 1. The van der Waals surface area contributed by atoms with Gasteiger partial charge in [-0.2, -0.15) is 13.2 Å². The molecule has 162 valence electrons. The highest BCUT2D eigenvalue weighted by atomic mass is 19.4. The van der Waals surface area contributed by atoms with Crippen molar-refractivity contribution in [2.75, 3.05) is 18.5 Å². The Morgan fingerprint density at radius 2 is 1.74 bits per heavy atom. The lowest BCUT2D eigenvalue weighted by molar-refractivity contribution is -0.137. The standard InChI is InChI=1S/C25H24F3NO2/c1-2-19-16-23(11-12-24(19)29-13-4-14-30)31-17-18-5-3-6-21(15-18)20-7-9-22(10-8-20)25(26,27)28/h2-3,5-12,15-16,29-30H,1,4,13-14,17H2. The number of hydrogen-bond donors (Lipinski definition) is 2. The average molecular weight is 427 g/mol. The molecule has 0 atom stereocenters. The van der Waals surface area contributed by atoms with Crippen LogP contribution in [-0.4, -0.2) is 18.3 Å². The van der Waals surface area contributed by atoms with E-state index >= 15 is 0 Å². The first kappa shape index (κ1) is 22.4. The predicted molar refractivity (Wildman–Crippen MR) is 118 cm³/mol. The Labute approximate surface area is 179 Å². The first-order valence-electron chi connectivity index (χ1n) is 9.91. The average Bonchev–Trinajstić information content (AvgIpc) is 2.78. The smallest absolute Gasteiger partial charge is 0.416 e. The molecule has 0 aliphatic rings. The number of aliphatic hydroxyl groups excluding tert-OH is 1. The Kier molecular flexibility index (Phi) is 7.36. The van der Waals surface area contributed by atoms with Crippen molar-refractivity contribution in [3.05, 3.63) is 90.0 Å². The third kappa shape index (κ3) is 6.12. The fraction of sp³-hybridized carbons (Fsp3) is 0.200. The van der Waals surface area contributed by atoms with Gasteiger partial charge in [-0.25, -0.2) is 0 Å². The van der Waals surface area contributed by atoms with Gasteiger partial charge in [0.15, 0.2) is 0 Å². The first-order chi connectivity index (χ1) is 14.9. The van der Waals surface area contributed by atoms with Crippen LogP contribution in [0.2, 0.25) is 0 Å². The molecule has 0 heterocycles. The molecular weight excluding hydrogens is 403 g/mol. The highest BCUT2D eigenvalue weighted by molar-refractivity contribution is 5.67. The minimum Gasteiger partial charge on any atom is -0.489 e. The van der Waals surface area contributed by atoms with E-state index in [1.54, 1.807) is 6.08 Å². The van der Waals surface area contributed by atoms with E-state index in [1.807, 2.05) is 42.5 Å². The molecule has 0 spiro atoms. The van der Waals surface area contributed by atoms with Gasteiger partial charge in [0.1, 0.15) is 12.4 Å². The molecule has 0 bridgehead atoms. The van der Waals surface area contributed by atoms with E-state index in [0.717, 1.165) is 34.5 Å². The highest BCUT2D eigenvalue weighted by Crippen LogP contribution is 2.31. The van der Waals surface area contributed by atoms with Gasteiger partial charge in [-0.15, -0.1) is 0 Å². The Hall–Kier alpha value is -3.25. The van der Waals surface area contributed by atoms with Crippen LogP contribution in [0.4, 0.5) is 18.9 Å². The lowest BCUT2D eigenvalue weighted by Crippen LogP contribution is -2.05. The summed E-state index contributed by atoms with van der Waals surface area (Å²) >= 11 is 0. The lowest BCUT2D eigenvalue weighted by atomic mass is 10.0. The number of anilines is 1. The minimum atomic E-state index is -4.34. The van der Waals surface area contributed by atoms with Gasteiger partial charge < -0.3 is 15.2 Å². The fourth-order valence-corrected chi connectivity index (χ4v) is 3.12. The highest BCUT2D eigenvalue weighted by Gasteiger charge is 2.29. The van der Waals surface area contributed by atoms with Crippen LogP contribution in [0.3, 0.4) is 0 Å². The minimum absolute atomic E-state index is 0.128. The van der Waals surface area contributed by atoms with Crippen molar-refractivity contribution in [1.82, 2.24) is 0 Å². The number of hydrogen-bond acceptors (Lipinski definition) is 3. The second kappa shape index (κ2) is 10.2. The third-order valence-electron chi connectivity index (χ3n) is 4.77. The van der Waals surface area contributed by atoms with Crippen LogP contribution < -0.4 is 10.1 Å². The predicted octanol–water partition coefficient (Wildman–Crippen LogP) is 6.39. The topological polar surface area (TPSA) is 41.5 Å². The van der Waals surface area contributed by atoms with E-state index in [4.69, 9.17) is 9.84 Å². The lowest BCUT2D eigenvalue weighted by Gasteiger charge is -2.13. The molecule has 0 aromatic heterocycles. The molecule has 0 amide bonds. The monoisotopic (exact) mass is 427 g/mol. The summed E-state index contributed by atoms with van der Waals surface area (Å²) in [5.74, 6) is 0.683. The van der Waals surface area contributed by atoms with Crippen molar-refractivity contribution in [1.29, 1.82) is 0 Å². The van der Waals surface area contributed by atoms with Crippen molar-refractivity contribution in [3.8, 4) is 16.9 Å². The van der Waals surface area contributed by atoms with Gasteiger partial charge in [0, 0.05) is 24.4 Å². The SMILES string of the molecule is C=Cc1cc(OCc2cccc(-c3ccc(C(F)(F)F)cc3)c2)ccc1NCCCO. The molecule has 3 rings (SSSR count). The Morgan fingerprint density at radius 1 is 0.968 bits per heavy atom. The molecule has 31 heavy (non-hydrogen) atoms. The molecule has 2 N–H and O–H groups in total. The van der Waals surface area contributed by atoms with Gasteiger partial charge in [0.25, 0.3) is 0 Å². The van der Waals surface area contributed by atoms with Crippen LogP contribution in [-0.2, 0) is 12.8 Å². The van der Waals surface area contributed by atoms with Crippen LogP contribution in [0.15, 0.2) is 73.3 Å². The van der Waals surface area contributed by atoms with Gasteiger partial charge in [-0.3, -0.25) is 0 Å². The number of alkyl halides is 3. The molecular formula is C25H24F3NO2. The zero-order valence-electron chi connectivity index (χ0n) is 17.0. The van der Waals surface area contributed by atoms with E-state index in [1.165, 1.54) is 12.1 Å². The molecule has 3 aromatic rings. The normalized spacial score (nSPS) is 11.2. The largest absolute Gasteiger partial charge is 0.489 e. The molecule has 0 aliphatic heterocycles. The maximum atomic E-state index is 12.8. The van der Waals surface area contributed by atoms with Crippen LogP contribution in [0.25, 0.3) is 17.2 Å². The Bertz CT molecular complexity index is 1010. The van der Waals surface area contributed by atoms with Crippen molar-refractivity contribution in [2.24, 2.45) is 0 Å². The van der Waals surface area contributed by atoms with Gasteiger partial charge >= 0.3 is 6.18 Å². The molecule has 0 aliphatic carbocycles. The first-order valence-corrected chi connectivity index (χ1v) is 9.91. The molecule has 6 heteroatoms. The Morgan fingerprint density at radius 3 is 2.42 bits per heavy atom. The molecule has 0 radical (unpaired) electrons. The second-order valence-corrected chi connectivity index (χ2v) is 7.02. The number of rotatable bonds is 9. The number of aliphatic hydroxyl groups is 1. The molecule has 0 unspecified atom stereocenters. The van der Waals surface area contributed by atoms with Crippen LogP contribution in [0, 0.1) is 0 Å². The van der Waals surface area contributed by atoms with Crippen molar-refractivity contribution < 1.29 is 23.0 Å². The van der Waals surface area contributed by atoms with Crippen LogP contribution >= 0.6 is 0 Å². The van der Waals surface area contributed by atoms with E-state index < -0.39 is 11.7 Å². The van der Waals surface area contributed by atoms with E-state index in [0.29, 0.717) is 30.9 Å². The zero-order chi connectivity index (χ0) is 22.3. The maximum Gasteiger partial charge on any atom is 0.416 e. The molecule has 3 nitrogen and oxygen atoms in total. The van der Waals surface area contributed by atoms with E-state index in [2.05, 4.69) is 11.9 Å². The van der Waals surface area contributed by atoms with Gasteiger partial charge in [-0.1, -0.05) is 43.0 Å². The van der Waals surface area contributed by atoms with Gasteiger partial charge in [-0.05, 0) is 59.5 Å². The summed E-state index contributed by atoms with van der Waals surface area (Å²) in [7, 11) is 0. The molecule has 0 saturated heterocycles. The molecule has 0 fully saturated rings. The van der Waals surface area contributed by atoms with Crippen LogP contribution in [0.5, 0.6) is 5.75 Å². The Balaban J connectivity index is 1.68. The summed E-state index contributed by atoms with van der Waals surface area (Å²) in [6.45, 7) is 4.94. The summed E-state index contributed by atoms with van der Waals surface area (Å²) < 4.78 is 44.2. The summed E-state index contributed by atoms with van der Waals surface area (Å²) in [5, 5.41) is 12.2. The molecule has 3 aromatic carbocycles. The fourth-order valence-electron chi connectivity index (χ4n) is 3.12. The quantitative estimate of drug-likeness (QED) is 0.389. The molecule has 0 saturated carbocycles. The van der Waals surface area contributed by atoms with E-state index in [-0.39, 0.29) is 6.61 Å². The van der Waals surface area contributed by atoms with Crippen molar-refractivity contribution in [3.63, 3.8) is 0 Å². The van der Waals surface area contributed by atoms with Gasteiger partial charge in [0.05, 0.1) is 5.56 Å². The summed E-state index contributed by atoms with van der Waals surface area (Å²) in [6.07, 6.45) is -1.95. The number of ether oxygens (including phenoxy) is 1. The summed E-state index contributed by atoms with van der Waals surface area (Å²) in [4.78, 5) is 0. The van der Waals surface area contributed by atoms with Gasteiger partial charge in [0.2, 0.25) is 0 Å². The second-order valence-electron chi connectivity index (χ2n) is 7.02. The van der Waals surface area contributed by atoms with Crippen molar-refractivity contribution in [2.45, 2.75) is 19.2 Å². The van der Waals surface area contributed by atoms with Crippen LogP contribution in [0.1, 0.15) is 23.1 Å². The maximum absolute atomic E-state index is 12.8. The zero-order valence-corrected chi connectivity index (χ0v) is 17.0. The number of halogens is 3. The van der Waals surface area contributed by atoms with Crippen molar-refractivity contribution >= 4 is 11.8 Å². The number of benzene rings is 3. The summed E-state index contributed by atoms with van der Waals surface area (Å²) in [6, 6.07) is 18.3.